The zero-order valence-electron chi connectivity index (χ0n) is 16.4. The van der Waals surface area contributed by atoms with Crippen molar-refractivity contribution in [1.29, 1.82) is 0 Å². The fourth-order valence-electron chi connectivity index (χ4n) is 3.30. The fraction of sp³-hybridized carbons (Fsp3) is 0.400. The van der Waals surface area contributed by atoms with E-state index in [1.165, 1.54) is 26.7 Å². The number of carbonyl (C=O) groups excluding carboxylic acids is 2. The summed E-state index contributed by atoms with van der Waals surface area (Å²) in [5.41, 5.74) is -0.198. The van der Waals surface area contributed by atoms with Crippen LogP contribution in [0.3, 0.4) is 0 Å². The molecule has 2 amide bonds. The molecule has 1 heterocycles. The summed E-state index contributed by atoms with van der Waals surface area (Å²) in [7, 11) is 3.01. The number of carbonyl (C=O) groups is 2. The van der Waals surface area contributed by atoms with Crippen molar-refractivity contribution in [1.82, 2.24) is 14.9 Å². The Morgan fingerprint density at radius 3 is 2.66 bits per heavy atom. The predicted molar refractivity (Wildman–Crippen MR) is 106 cm³/mol. The van der Waals surface area contributed by atoms with Crippen LogP contribution in [-0.2, 0) is 11.3 Å². The van der Waals surface area contributed by atoms with Gasteiger partial charge in [0.15, 0.2) is 0 Å². The van der Waals surface area contributed by atoms with Gasteiger partial charge in [0.1, 0.15) is 23.6 Å². The highest BCUT2D eigenvalue weighted by molar-refractivity contribution is 5.94. The highest BCUT2D eigenvalue weighted by atomic mass is 16.5. The number of methoxy groups -OCH3 is 2. The first-order valence-electron chi connectivity index (χ1n) is 9.39. The van der Waals surface area contributed by atoms with E-state index in [1.54, 1.807) is 18.2 Å². The van der Waals surface area contributed by atoms with Gasteiger partial charge in [-0.2, -0.15) is 0 Å². The number of ether oxygens (including phenoxy) is 2. The van der Waals surface area contributed by atoms with Crippen molar-refractivity contribution in [3.63, 3.8) is 0 Å². The van der Waals surface area contributed by atoms with Crippen LogP contribution in [0.15, 0.2) is 35.5 Å². The van der Waals surface area contributed by atoms with E-state index in [1.807, 2.05) is 0 Å². The average molecular weight is 400 g/mol. The van der Waals surface area contributed by atoms with Gasteiger partial charge in [-0.25, -0.2) is 4.98 Å². The third kappa shape index (κ3) is 4.92. The zero-order valence-corrected chi connectivity index (χ0v) is 16.4. The van der Waals surface area contributed by atoms with Crippen molar-refractivity contribution < 1.29 is 19.1 Å². The molecule has 0 unspecified atom stereocenters. The van der Waals surface area contributed by atoms with Gasteiger partial charge in [0.2, 0.25) is 5.91 Å². The second kappa shape index (κ2) is 9.22. The number of hydrogen-bond donors (Lipinski definition) is 2. The van der Waals surface area contributed by atoms with Crippen LogP contribution in [0.5, 0.6) is 11.5 Å². The molecule has 3 rings (SSSR count). The lowest BCUT2D eigenvalue weighted by Crippen LogP contribution is -2.38. The first-order valence-corrected chi connectivity index (χ1v) is 9.39. The molecule has 0 radical (unpaired) electrons. The molecule has 29 heavy (non-hydrogen) atoms. The number of rotatable bonds is 7. The van der Waals surface area contributed by atoms with Gasteiger partial charge >= 0.3 is 0 Å². The second-order valence-corrected chi connectivity index (χ2v) is 6.81. The maximum atomic E-state index is 12.6. The quantitative estimate of drug-likeness (QED) is 0.730. The maximum Gasteiger partial charge on any atom is 0.266 e. The molecule has 2 N–H and O–H groups in total. The van der Waals surface area contributed by atoms with E-state index < -0.39 is 17.4 Å². The molecule has 1 aliphatic rings. The molecule has 0 aliphatic heterocycles. The fourth-order valence-corrected chi connectivity index (χ4v) is 3.30. The summed E-state index contributed by atoms with van der Waals surface area (Å²) in [6.45, 7) is -0.286. The molecule has 1 saturated carbocycles. The van der Waals surface area contributed by atoms with Crippen LogP contribution in [0.2, 0.25) is 0 Å². The SMILES string of the molecule is COc1ccc(NC(=O)Cn2cncc(C(=O)NC3CCCC3)c2=O)c(OC)c1. The van der Waals surface area contributed by atoms with Crippen LogP contribution >= 0.6 is 0 Å². The molecule has 0 bridgehead atoms. The number of aromatic nitrogens is 2. The summed E-state index contributed by atoms with van der Waals surface area (Å²) in [6.07, 6.45) is 6.42. The van der Waals surface area contributed by atoms with Crippen molar-refractivity contribution in [3.8, 4) is 11.5 Å². The Hall–Kier alpha value is -3.36. The maximum absolute atomic E-state index is 12.6. The summed E-state index contributed by atoms with van der Waals surface area (Å²) in [6, 6.07) is 5.04. The minimum absolute atomic E-state index is 0.0748. The number of anilines is 1. The zero-order chi connectivity index (χ0) is 20.8. The molecule has 2 aromatic rings. The first kappa shape index (κ1) is 20.4. The number of hydrogen-bond acceptors (Lipinski definition) is 6. The molecule has 1 fully saturated rings. The van der Waals surface area contributed by atoms with Crippen molar-refractivity contribution in [3.05, 3.63) is 46.6 Å². The smallest absolute Gasteiger partial charge is 0.266 e. The van der Waals surface area contributed by atoms with E-state index in [0.717, 1.165) is 30.3 Å². The van der Waals surface area contributed by atoms with Crippen LogP contribution in [0, 0.1) is 0 Å². The third-order valence-corrected chi connectivity index (χ3v) is 4.83. The number of nitrogens with zero attached hydrogens (tertiary/aromatic N) is 2. The van der Waals surface area contributed by atoms with Gasteiger partial charge < -0.3 is 20.1 Å². The van der Waals surface area contributed by atoms with E-state index in [2.05, 4.69) is 15.6 Å². The second-order valence-electron chi connectivity index (χ2n) is 6.81. The van der Waals surface area contributed by atoms with E-state index in [-0.39, 0.29) is 18.2 Å². The lowest BCUT2D eigenvalue weighted by atomic mass is 10.2. The lowest BCUT2D eigenvalue weighted by Gasteiger charge is -2.13. The van der Waals surface area contributed by atoms with Gasteiger partial charge in [-0.1, -0.05) is 12.8 Å². The van der Waals surface area contributed by atoms with Crippen LogP contribution in [-0.4, -0.2) is 41.6 Å². The highest BCUT2D eigenvalue weighted by Gasteiger charge is 2.21. The van der Waals surface area contributed by atoms with E-state index in [4.69, 9.17) is 9.47 Å². The van der Waals surface area contributed by atoms with Crippen molar-refractivity contribution in [2.24, 2.45) is 0 Å². The lowest BCUT2D eigenvalue weighted by molar-refractivity contribution is -0.116. The Balaban J connectivity index is 1.71. The highest BCUT2D eigenvalue weighted by Crippen LogP contribution is 2.28. The Labute approximate surface area is 168 Å². The molecule has 9 heteroatoms. The van der Waals surface area contributed by atoms with E-state index >= 15 is 0 Å². The topological polar surface area (TPSA) is 112 Å². The number of amides is 2. The largest absolute Gasteiger partial charge is 0.497 e. The summed E-state index contributed by atoms with van der Waals surface area (Å²) < 4.78 is 11.5. The first-order chi connectivity index (χ1) is 14.0. The Kier molecular flexibility index (Phi) is 6.48. The van der Waals surface area contributed by atoms with Crippen molar-refractivity contribution >= 4 is 17.5 Å². The predicted octanol–water partition coefficient (Wildman–Crippen LogP) is 1.57. The van der Waals surface area contributed by atoms with E-state index in [0.29, 0.717) is 17.2 Å². The molecule has 0 saturated heterocycles. The molecule has 0 spiro atoms. The number of nitrogens with one attached hydrogen (secondary N) is 2. The molecular formula is C20H24N4O5. The van der Waals surface area contributed by atoms with Gasteiger partial charge in [0.05, 0.1) is 26.2 Å². The Bertz CT molecular complexity index is 950. The van der Waals surface area contributed by atoms with Crippen molar-refractivity contribution in [2.75, 3.05) is 19.5 Å². The minimum atomic E-state index is -0.563. The molecule has 1 aliphatic carbocycles. The Morgan fingerprint density at radius 1 is 1.21 bits per heavy atom. The van der Waals surface area contributed by atoms with Gasteiger partial charge in [-0.05, 0) is 25.0 Å². The van der Waals surface area contributed by atoms with Gasteiger partial charge in [-0.15, -0.1) is 0 Å². The molecule has 154 valence electrons. The summed E-state index contributed by atoms with van der Waals surface area (Å²) in [5.74, 6) is 0.0980. The molecular weight excluding hydrogens is 376 g/mol. The van der Waals surface area contributed by atoms with Crippen LogP contribution in [0.4, 0.5) is 5.69 Å². The average Bonchev–Trinajstić information content (AvgIpc) is 3.22. The van der Waals surface area contributed by atoms with Gasteiger partial charge in [0.25, 0.3) is 11.5 Å². The monoisotopic (exact) mass is 400 g/mol. The van der Waals surface area contributed by atoms with Crippen LogP contribution in [0.25, 0.3) is 0 Å². The summed E-state index contributed by atoms with van der Waals surface area (Å²) in [5, 5.41) is 5.55. The Morgan fingerprint density at radius 2 is 1.97 bits per heavy atom. The van der Waals surface area contributed by atoms with Crippen molar-refractivity contribution in [2.45, 2.75) is 38.3 Å². The van der Waals surface area contributed by atoms with Gasteiger partial charge in [0, 0.05) is 18.3 Å². The summed E-state index contributed by atoms with van der Waals surface area (Å²) in [4.78, 5) is 41.4. The van der Waals surface area contributed by atoms with Crippen LogP contribution < -0.4 is 25.7 Å². The molecule has 0 atom stereocenters. The van der Waals surface area contributed by atoms with Crippen LogP contribution in [0.1, 0.15) is 36.0 Å². The third-order valence-electron chi connectivity index (χ3n) is 4.83. The molecule has 1 aromatic carbocycles. The minimum Gasteiger partial charge on any atom is -0.497 e. The summed E-state index contributed by atoms with van der Waals surface area (Å²) >= 11 is 0. The van der Waals surface area contributed by atoms with Gasteiger partial charge in [-0.3, -0.25) is 19.0 Å². The molecule has 9 nitrogen and oxygen atoms in total. The standard InChI is InChI=1S/C20H24N4O5/c1-28-14-7-8-16(17(9-14)29-2)23-18(25)11-24-12-21-10-15(20(24)27)19(26)22-13-5-3-4-6-13/h7-10,12-13H,3-6,11H2,1-2H3,(H,22,26)(H,23,25). The molecule has 1 aromatic heterocycles. The van der Waals surface area contributed by atoms with E-state index in [9.17, 15) is 14.4 Å². The number of benzene rings is 1. The normalized spacial score (nSPS) is 13.7.